The number of anilines is 2. The van der Waals surface area contributed by atoms with Crippen molar-refractivity contribution in [2.75, 3.05) is 5.32 Å². The van der Waals surface area contributed by atoms with E-state index in [0.717, 1.165) is 11.3 Å². The number of aromatic nitrogens is 1. The number of nitrogens with zero attached hydrogens (tertiary/aromatic N) is 2. The van der Waals surface area contributed by atoms with E-state index < -0.39 is 12.0 Å². The van der Waals surface area contributed by atoms with Gasteiger partial charge < -0.3 is 16.2 Å². The molecule has 1 atom stereocenters. The first-order chi connectivity index (χ1) is 9.51. The molecule has 1 unspecified atom stereocenters. The average Bonchev–Trinajstić information content (AvgIpc) is 2.88. The maximum Gasteiger partial charge on any atom is 0.326 e. The molecule has 0 amide bonds. The van der Waals surface area contributed by atoms with E-state index in [2.05, 4.69) is 16.4 Å². The molecule has 0 spiro atoms. The topological polar surface area (TPSA) is 112 Å². The van der Waals surface area contributed by atoms with Gasteiger partial charge in [-0.3, -0.25) is 4.79 Å². The van der Waals surface area contributed by atoms with Gasteiger partial charge in [0, 0.05) is 11.1 Å². The molecule has 0 radical (unpaired) electrons. The van der Waals surface area contributed by atoms with Crippen molar-refractivity contribution in [3.05, 3.63) is 40.4 Å². The van der Waals surface area contributed by atoms with Gasteiger partial charge in [0.05, 0.1) is 17.3 Å². The molecular weight excluding hydrogens is 276 g/mol. The lowest BCUT2D eigenvalue weighted by atomic mass is 10.1. The zero-order valence-electron chi connectivity index (χ0n) is 10.6. The van der Waals surface area contributed by atoms with E-state index in [1.165, 1.54) is 11.3 Å². The summed E-state index contributed by atoms with van der Waals surface area (Å²) in [6, 6.07) is 6.21. The number of benzene rings is 1. The normalized spacial score (nSPS) is 11.7. The molecule has 2 aromatic rings. The van der Waals surface area contributed by atoms with Crippen LogP contribution in [-0.4, -0.2) is 16.1 Å². The lowest BCUT2D eigenvalue weighted by Crippen LogP contribution is -2.20. The fraction of sp³-hybridized carbons (Fsp3) is 0.154. The van der Waals surface area contributed by atoms with Crippen molar-refractivity contribution in [1.82, 2.24) is 4.98 Å². The van der Waals surface area contributed by atoms with Gasteiger partial charge in [-0.15, -0.1) is 11.3 Å². The Morgan fingerprint density at radius 3 is 3.00 bits per heavy atom. The van der Waals surface area contributed by atoms with Crippen molar-refractivity contribution in [3.63, 3.8) is 0 Å². The monoisotopic (exact) mass is 288 g/mol. The Kier molecular flexibility index (Phi) is 3.98. The lowest BCUT2D eigenvalue weighted by Gasteiger charge is -2.07. The Balaban J connectivity index is 2.23. The Hall–Kier alpha value is -2.43. The molecule has 0 bridgehead atoms. The number of rotatable bonds is 4. The molecule has 2 rings (SSSR count). The third-order valence-electron chi connectivity index (χ3n) is 2.71. The van der Waals surface area contributed by atoms with Gasteiger partial charge in [-0.05, 0) is 24.6 Å². The van der Waals surface area contributed by atoms with E-state index in [-0.39, 0.29) is 0 Å². The summed E-state index contributed by atoms with van der Waals surface area (Å²) in [6.07, 6.45) is 0. The molecule has 1 aromatic carbocycles. The van der Waals surface area contributed by atoms with Gasteiger partial charge in [-0.2, -0.15) is 5.26 Å². The van der Waals surface area contributed by atoms with E-state index in [0.29, 0.717) is 16.4 Å². The highest BCUT2D eigenvalue weighted by Gasteiger charge is 2.17. The molecule has 20 heavy (non-hydrogen) atoms. The number of hydrogen-bond acceptors (Lipinski definition) is 6. The van der Waals surface area contributed by atoms with Crippen molar-refractivity contribution in [3.8, 4) is 6.07 Å². The minimum absolute atomic E-state index is 0.305. The van der Waals surface area contributed by atoms with Gasteiger partial charge in [0.15, 0.2) is 5.13 Å². The number of thiazole rings is 1. The van der Waals surface area contributed by atoms with Gasteiger partial charge in [0.25, 0.3) is 0 Å². The summed E-state index contributed by atoms with van der Waals surface area (Å²) in [6.45, 7) is 1.90. The summed E-state index contributed by atoms with van der Waals surface area (Å²) in [5.74, 6) is -1.12. The number of aryl methyl sites for hydroxylation is 1. The Morgan fingerprint density at radius 2 is 2.35 bits per heavy atom. The standard InChI is InChI=1S/C13H12N4O2S/c1-7-2-3-8(5-14)4-9(7)16-13-17-10(6-20-13)11(15)12(18)19/h2-4,6,11H,15H2,1H3,(H,16,17)(H,18,19). The second-order valence-electron chi connectivity index (χ2n) is 4.16. The van der Waals surface area contributed by atoms with Crippen LogP contribution in [0.2, 0.25) is 0 Å². The molecular formula is C13H12N4O2S. The predicted octanol–water partition coefficient (Wildman–Crippen LogP) is 2.15. The molecule has 0 aliphatic rings. The zero-order chi connectivity index (χ0) is 14.7. The largest absolute Gasteiger partial charge is 0.480 e. The van der Waals surface area contributed by atoms with Crippen molar-refractivity contribution >= 4 is 28.1 Å². The number of nitriles is 1. The highest BCUT2D eigenvalue weighted by Crippen LogP contribution is 2.26. The summed E-state index contributed by atoms with van der Waals surface area (Å²) < 4.78 is 0. The third-order valence-corrected chi connectivity index (χ3v) is 3.49. The summed E-state index contributed by atoms with van der Waals surface area (Å²) in [5, 5.41) is 22.9. The lowest BCUT2D eigenvalue weighted by molar-refractivity contribution is -0.138. The van der Waals surface area contributed by atoms with Crippen molar-refractivity contribution in [1.29, 1.82) is 5.26 Å². The quantitative estimate of drug-likeness (QED) is 0.794. The molecule has 4 N–H and O–H groups in total. The number of carboxylic acid groups (broad SMARTS) is 1. The average molecular weight is 288 g/mol. The smallest absolute Gasteiger partial charge is 0.326 e. The number of nitrogens with two attached hydrogens (primary N) is 1. The summed E-state index contributed by atoms with van der Waals surface area (Å²) in [7, 11) is 0. The van der Waals surface area contributed by atoms with Crippen LogP contribution >= 0.6 is 11.3 Å². The van der Waals surface area contributed by atoms with Crippen LogP contribution in [0.3, 0.4) is 0 Å². The van der Waals surface area contributed by atoms with Crippen molar-refractivity contribution in [2.45, 2.75) is 13.0 Å². The Bertz CT molecular complexity index is 690. The fourth-order valence-electron chi connectivity index (χ4n) is 1.55. The van der Waals surface area contributed by atoms with Crippen LogP contribution in [0, 0.1) is 18.3 Å². The van der Waals surface area contributed by atoms with E-state index in [4.69, 9.17) is 16.1 Å². The van der Waals surface area contributed by atoms with Gasteiger partial charge in [-0.1, -0.05) is 6.07 Å². The van der Waals surface area contributed by atoms with Gasteiger partial charge in [0.1, 0.15) is 6.04 Å². The maximum absolute atomic E-state index is 10.8. The first-order valence-corrected chi connectivity index (χ1v) is 6.61. The van der Waals surface area contributed by atoms with Crippen molar-refractivity contribution in [2.24, 2.45) is 5.73 Å². The summed E-state index contributed by atoms with van der Waals surface area (Å²) >= 11 is 1.26. The molecule has 1 heterocycles. The number of carbonyl (C=O) groups is 1. The van der Waals surface area contributed by atoms with Crippen LogP contribution in [0.5, 0.6) is 0 Å². The van der Waals surface area contributed by atoms with Crippen LogP contribution < -0.4 is 11.1 Å². The molecule has 102 valence electrons. The van der Waals surface area contributed by atoms with E-state index in [1.54, 1.807) is 17.5 Å². The second kappa shape index (κ2) is 5.69. The molecule has 0 saturated heterocycles. The van der Waals surface area contributed by atoms with Crippen LogP contribution in [0.25, 0.3) is 0 Å². The number of aliphatic carboxylic acids is 1. The van der Waals surface area contributed by atoms with Crippen LogP contribution in [0.15, 0.2) is 23.6 Å². The molecule has 1 aromatic heterocycles. The minimum atomic E-state index is -1.13. The second-order valence-corrected chi connectivity index (χ2v) is 5.02. The van der Waals surface area contributed by atoms with Crippen LogP contribution in [-0.2, 0) is 4.79 Å². The molecule has 0 aliphatic carbocycles. The van der Waals surface area contributed by atoms with E-state index >= 15 is 0 Å². The molecule has 0 saturated carbocycles. The molecule has 0 aliphatic heterocycles. The minimum Gasteiger partial charge on any atom is -0.480 e. The molecule has 7 heteroatoms. The highest BCUT2D eigenvalue weighted by atomic mass is 32.1. The number of carboxylic acids is 1. The predicted molar refractivity (Wildman–Crippen MR) is 75.9 cm³/mol. The SMILES string of the molecule is Cc1ccc(C#N)cc1Nc1nc(C(N)C(=O)O)cs1. The van der Waals surface area contributed by atoms with E-state index in [9.17, 15) is 4.79 Å². The number of nitrogens with one attached hydrogen (secondary N) is 1. The Morgan fingerprint density at radius 1 is 1.60 bits per heavy atom. The van der Waals surface area contributed by atoms with Gasteiger partial charge in [-0.25, -0.2) is 4.98 Å². The zero-order valence-corrected chi connectivity index (χ0v) is 11.4. The third kappa shape index (κ3) is 2.93. The van der Waals surface area contributed by atoms with Crippen LogP contribution in [0.1, 0.15) is 22.9 Å². The molecule has 0 fully saturated rings. The fourth-order valence-corrected chi connectivity index (χ4v) is 2.31. The van der Waals surface area contributed by atoms with Gasteiger partial charge >= 0.3 is 5.97 Å². The Labute approximate surface area is 119 Å². The number of hydrogen-bond donors (Lipinski definition) is 3. The first-order valence-electron chi connectivity index (χ1n) is 5.73. The highest BCUT2D eigenvalue weighted by molar-refractivity contribution is 7.13. The van der Waals surface area contributed by atoms with Gasteiger partial charge in [0.2, 0.25) is 0 Å². The van der Waals surface area contributed by atoms with Crippen molar-refractivity contribution < 1.29 is 9.90 Å². The first kappa shape index (κ1) is 14.0. The maximum atomic E-state index is 10.8. The van der Waals surface area contributed by atoms with E-state index in [1.807, 2.05) is 13.0 Å². The summed E-state index contributed by atoms with van der Waals surface area (Å²) in [5.41, 5.74) is 8.06. The van der Waals surface area contributed by atoms with Crippen LogP contribution in [0.4, 0.5) is 10.8 Å². The summed E-state index contributed by atoms with van der Waals surface area (Å²) in [4.78, 5) is 14.9. The molecule has 6 nitrogen and oxygen atoms in total.